The standard InChI is InChI=1S/C22H25F3N4O4/c1-11-2-3-14(21(33,10-30)22(23,24)25)6-16(11)17-7-27-19(26)18(28-17)12-4-13(5-12)20(32)29-8-15(31)9-29/h2-3,6-7,12-13,15,30-31,33H,4-5,8-10H2,1H3,(H2,26,27). The first kappa shape index (κ1) is 23.4. The predicted molar refractivity (Wildman–Crippen MR) is 112 cm³/mol. The van der Waals surface area contributed by atoms with Gasteiger partial charge in [0.15, 0.2) is 0 Å². The van der Waals surface area contributed by atoms with Crippen LogP contribution in [0.3, 0.4) is 0 Å². The van der Waals surface area contributed by atoms with Gasteiger partial charge in [0.25, 0.3) is 0 Å². The fourth-order valence-corrected chi connectivity index (χ4v) is 4.28. The fraction of sp³-hybridized carbons (Fsp3) is 0.500. The highest BCUT2D eigenvalue weighted by Gasteiger charge is 2.55. The van der Waals surface area contributed by atoms with E-state index in [0.29, 0.717) is 42.8 Å². The number of rotatable bonds is 5. The SMILES string of the molecule is Cc1ccc(C(O)(CO)C(F)(F)F)cc1-c1cnc(N)c(C2CC(C(=O)N3CC(O)C3)C2)n1. The molecular formula is C22H25F3N4O4. The molecular weight excluding hydrogens is 441 g/mol. The number of aliphatic hydroxyl groups is 3. The van der Waals surface area contributed by atoms with E-state index in [1.807, 2.05) is 0 Å². The highest BCUT2D eigenvalue weighted by atomic mass is 19.4. The van der Waals surface area contributed by atoms with E-state index >= 15 is 0 Å². The zero-order chi connectivity index (χ0) is 24.1. The average Bonchev–Trinajstić information content (AvgIpc) is 2.70. The number of aliphatic hydroxyl groups excluding tert-OH is 2. The number of hydrogen-bond donors (Lipinski definition) is 4. The van der Waals surface area contributed by atoms with Gasteiger partial charge in [0, 0.05) is 30.5 Å². The highest BCUT2D eigenvalue weighted by Crippen LogP contribution is 2.45. The van der Waals surface area contributed by atoms with Gasteiger partial charge in [0.05, 0.1) is 30.3 Å². The minimum atomic E-state index is -5.08. The maximum Gasteiger partial charge on any atom is 0.423 e. The van der Waals surface area contributed by atoms with E-state index in [1.54, 1.807) is 11.8 Å². The number of nitrogens with zero attached hydrogens (tertiary/aromatic N) is 3. The fourth-order valence-electron chi connectivity index (χ4n) is 4.28. The summed E-state index contributed by atoms with van der Waals surface area (Å²) >= 11 is 0. The van der Waals surface area contributed by atoms with Crippen LogP contribution in [0.2, 0.25) is 0 Å². The Morgan fingerprint density at radius 2 is 1.94 bits per heavy atom. The Labute approximate surface area is 187 Å². The number of halogens is 3. The number of nitrogens with two attached hydrogens (primary N) is 1. The van der Waals surface area contributed by atoms with Gasteiger partial charge < -0.3 is 26.0 Å². The first-order valence-electron chi connectivity index (χ1n) is 10.5. The van der Waals surface area contributed by atoms with Gasteiger partial charge in [-0.1, -0.05) is 12.1 Å². The molecule has 1 aromatic heterocycles. The van der Waals surface area contributed by atoms with Crippen LogP contribution >= 0.6 is 0 Å². The minimum absolute atomic E-state index is 0.0155. The van der Waals surface area contributed by atoms with Crippen molar-refractivity contribution in [1.29, 1.82) is 0 Å². The molecule has 1 aliphatic carbocycles. The van der Waals surface area contributed by atoms with Gasteiger partial charge in [0.1, 0.15) is 5.82 Å². The van der Waals surface area contributed by atoms with Crippen LogP contribution in [0, 0.1) is 12.8 Å². The van der Waals surface area contributed by atoms with Crippen molar-refractivity contribution in [2.24, 2.45) is 5.92 Å². The third kappa shape index (κ3) is 4.04. The molecule has 2 aliphatic rings. The van der Waals surface area contributed by atoms with E-state index in [9.17, 15) is 33.3 Å². The molecule has 11 heteroatoms. The molecule has 4 rings (SSSR count). The van der Waals surface area contributed by atoms with Crippen molar-refractivity contribution in [2.75, 3.05) is 25.4 Å². The summed E-state index contributed by atoms with van der Waals surface area (Å²) < 4.78 is 40.2. The van der Waals surface area contributed by atoms with E-state index in [-0.39, 0.29) is 29.3 Å². The van der Waals surface area contributed by atoms with Crippen molar-refractivity contribution >= 4 is 11.7 Å². The van der Waals surface area contributed by atoms with Crippen LogP contribution in [0.25, 0.3) is 11.3 Å². The highest BCUT2D eigenvalue weighted by molar-refractivity contribution is 5.81. The van der Waals surface area contributed by atoms with E-state index in [1.165, 1.54) is 12.3 Å². The molecule has 1 saturated heterocycles. The Kier molecular flexibility index (Phi) is 5.83. The van der Waals surface area contributed by atoms with E-state index in [4.69, 9.17) is 5.73 Å². The first-order chi connectivity index (χ1) is 15.4. The zero-order valence-corrected chi connectivity index (χ0v) is 17.9. The molecule has 1 atom stereocenters. The van der Waals surface area contributed by atoms with Crippen molar-refractivity contribution in [3.05, 3.63) is 41.2 Å². The van der Waals surface area contributed by atoms with Crippen LogP contribution < -0.4 is 5.73 Å². The van der Waals surface area contributed by atoms with E-state index in [2.05, 4.69) is 9.97 Å². The van der Waals surface area contributed by atoms with Crippen LogP contribution in [-0.4, -0.2) is 68.1 Å². The molecule has 178 valence electrons. The predicted octanol–water partition coefficient (Wildman–Crippen LogP) is 1.47. The summed E-state index contributed by atoms with van der Waals surface area (Å²) in [7, 11) is 0. The second-order valence-corrected chi connectivity index (χ2v) is 8.83. The maximum absolute atomic E-state index is 13.4. The van der Waals surface area contributed by atoms with Gasteiger partial charge in [-0.05, 0) is 37.0 Å². The topological polar surface area (TPSA) is 133 Å². The number of amides is 1. The van der Waals surface area contributed by atoms with Crippen LogP contribution in [0.1, 0.15) is 35.6 Å². The van der Waals surface area contributed by atoms with Gasteiger partial charge >= 0.3 is 6.18 Å². The number of hydrogen-bond acceptors (Lipinski definition) is 7. The molecule has 2 fully saturated rings. The van der Waals surface area contributed by atoms with Crippen LogP contribution in [0.4, 0.5) is 19.0 Å². The number of likely N-dealkylation sites (tertiary alicyclic amines) is 1. The molecule has 8 nitrogen and oxygen atoms in total. The molecule has 1 amide bonds. The second kappa shape index (κ2) is 8.23. The van der Waals surface area contributed by atoms with E-state index in [0.717, 1.165) is 12.1 Å². The summed E-state index contributed by atoms with van der Waals surface area (Å²) in [5, 5.41) is 28.8. The minimum Gasteiger partial charge on any atom is -0.393 e. The van der Waals surface area contributed by atoms with Crippen molar-refractivity contribution in [1.82, 2.24) is 14.9 Å². The van der Waals surface area contributed by atoms with Crippen LogP contribution in [0.5, 0.6) is 0 Å². The normalized spacial score (nSPS) is 22.9. The third-order valence-corrected chi connectivity index (χ3v) is 6.57. The molecule has 5 N–H and O–H groups in total. The van der Waals surface area contributed by atoms with Crippen molar-refractivity contribution in [3.63, 3.8) is 0 Å². The number of aromatic nitrogens is 2. The molecule has 0 bridgehead atoms. The summed E-state index contributed by atoms with van der Waals surface area (Å²) in [6, 6.07) is 3.67. The molecule has 1 saturated carbocycles. The lowest BCUT2D eigenvalue weighted by atomic mass is 9.72. The Balaban J connectivity index is 1.59. The number of carbonyl (C=O) groups is 1. The van der Waals surface area contributed by atoms with Gasteiger partial charge in [-0.25, -0.2) is 9.97 Å². The summed E-state index contributed by atoms with van der Waals surface area (Å²) in [5.41, 5.74) is 3.76. The quantitative estimate of drug-likeness (QED) is 0.525. The van der Waals surface area contributed by atoms with Crippen molar-refractivity contribution in [2.45, 2.75) is 43.6 Å². The van der Waals surface area contributed by atoms with Gasteiger partial charge in [-0.3, -0.25) is 4.79 Å². The number of β-amino-alcohol motifs (C(OH)–C–C–N with tert-alkyl or cyclic N) is 1. The lowest BCUT2D eigenvalue weighted by molar-refractivity contribution is -0.277. The van der Waals surface area contributed by atoms with Gasteiger partial charge in [0.2, 0.25) is 11.5 Å². The maximum atomic E-state index is 13.4. The number of aryl methyl sites for hydroxylation is 1. The molecule has 1 unspecified atom stereocenters. The number of alkyl halides is 3. The lowest BCUT2D eigenvalue weighted by Crippen LogP contribution is -2.56. The summed E-state index contributed by atoms with van der Waals surface area (Å²) in [4.78, 5) is 22.7. The Bertz CT molecular complexity index is 1070. The largest absolute Gasteiger partial charge is 0.423 e. The molecule has 2 aromatic rings. The zero-order valence-electron chi connectivity index (χ0n) is 17.9. The second-order valence-electron chi connectivity index (χ2n) is 8.83. The molecule has 0 radical (unpaired) electrons. The van der Waals surface area contributed by atoms with Crippen molar-refractivity contribution < 1.29 is 33.3 Å². The van der Waals surface area contributed by atoms with Gasteiger partial charge in [-0.2, -0.15) is 13.2 Å². The van der Waals surface area contributed by atoms with E-state index < -0.39 is 30.1 Å². The number of carbonyl (C=O) groups excluding carboxylic acids is 1. The smallest absolute Gasteiger partial charge is 0.393 e. The Hall–Kier alpha value is -2.76. The molecule has 1 aliphatic heterocycles. The van der Waals surface area contributed by atoms with Crippen molar-refractivity contribution in [3.8, 4) is 11.3 Å². The number of anilines is 1. The molecule has 33 heavy (non-hydrogen) atoms. The number of nitrogen functional groups attached to an aromatic ring is 1. The third-order valence-electron chi connectivity index (χ3n) is 6.57. The summed E-state index contributed by atoms with van der Waals surface area (Å²) in [6.07, 6.45) is -3.16. The Morgan fingerprint density at radius 1 is 1.27 bits per heavy atom. The lowest BCUT2D eigenvalue weighted by Gasteiger charge is -2.42. The summed E-state index contributed by atoms with van der Waals surface area (Å²) in [6.45, 7) is 0.835. The average molecular weight is 466 g/mol. The molecule has 1 aromatic carbocycles. The van der Waals surface area contributed by atoms with Gasteiger partial charge in [-0.15, -0.1) is 0 Å². The van der Waals surface area contributed by atoms with Crippen LogP contribution in [0.15, 0.2) is 24.4 Å². The number of benzene rings is 1. The molecule has 2 heterocycles. The Morgan fingerprint density at radius 3 is 2.52 bits per heavy atom. The summed E-state index contributed by atoms with van der Waals surface area (Å²) in [5.74, 6) is -0.141. The monoisotopic (exact) mass is 466 g/mol. The first-order valence-corrected chi connectivity index (χ1v) is 10.5. The van der Waals surface area contributed by atoms with Crippen LogP contribution in [-0.2, 0) is 10.4 Å². The molecule has 0 spiro atoms.